The molecule has 0 bridgehead atoms. The van der Waals surface area contributed by atoms with E-state index in [1.807, 2.05) is 4.90 Å². The molecule has 1 saturated heterocycles. The molecule has 2 aromatic heterocycles. The average Bonchev–Trinajstić information content (AvgIpc) is 3.01. The fourth-order valence-corrected chi connectivity index (χ4v) is 2.30. The van der Waals surface area contributed by atoms with E-state index in [1.165, 1.54) is 12.5 Å². The summed E-state index contributed by atoms with van der Waals surface area (Å²) in [5, 5.41) is 9.32. The maximum Gasteiger partial charge on any atom is 0.288 e. The van der Waals surface area contributed by atoms with Crippen molar-refractivity contribution in [1.29, 1.82) is 0 Å². The third-order valence-corrected chi connectivity index (χ3v) is 3.25. The van der Waals surface area contributed by atoms with Crippen LogP contribution < -0.4 is 15.8 Å². The van der Waals surface area contributed by atoms with Crippen molar-refractivity contribution in [2.75, 3.05) is 31.1 Å². The van der Waals surface area contributed by atoms with Crippen molar-refractivity contribution in [3.8, 4) is 0 Å². The van der Waals surface area contributed by atoms with Gasteiger partial charge in [0, 0.05) is 26.2 Å². The molecule has 0 atom stereocenters. The lowest BCUT2D eigenvalue weighted by Crippen LogP contribution is -2.46. The van der Waals surface area contributed by atoms with Crippen molar-refractivity contribution in [1.82, 2.24) is 15.5 Å². The Balaban J connectivity index is 2.04. The summed E-state index contributed by atoms with van der Waals surface area (Å²) in [6.45, 7) is 2.89. The number of aromatic amines is 1. The smallest absolute Gasteiger partial charge is 0.288 e. The predicted molar refractivity (Wildman–Crippen MR) is 72.1 cm³/mol. The van der Waals surface area contributed by atoms with Gasteiger partial charge in [-0.2, -0.15) is 5.10 Å². The highest BCUT2D eigenvalue weighted by molar-refractivity contribution is 6.10. The fraction of sp³-hybridized carbons (Fsp3) is 0.308. The van der Waals surface area contributed by atoms with Gasteiger partial charge in [0.25, 0.3) is 5.56 Å². The molecular formula is C13H14N4O3. The molecule has 3 heterocycles. The Hall–Kier alpha value is -2.41. The summed E-state index contributed by atoms with van der Waals surface area (Å²) in [5.41, 5.74) is 0.276. The third kappa shape index (κ3) is 2.23. The summed E-state index contributed by atoms with van der Waals surface area (Å²) in [5.74, 6) is -0.129. The molecular weight excluding hydrogens is 260 g/mol. The van der Waals surface area contributed by atoms with E-state index in [2.05, 4.69) is 15.5 Å². The zero-order valence-corrected chi connectivity index (χ0v) is 10.8. The molecule has 1 aliphatic rings. The summed E-state index contributed by atoms with van der Waals surface area (Å²) in [7, 11) is 0. The summed E-state index contributed by atoms with van der Waals surface area (Å²) in [6.07, 6.45) is 2.81. The summed E-state index contributed by atoms with van der Waals surface area (Å²) in [6, 6.07) is 3.21. The zero-order valence-electron chi connectivity index (χ0n) is 10.8. The Bertz CT molecular complexity index is 657. The van der Waals surface area contributed by atoms with Crippen molar-refractivity contribution in [2.24, 2.45) is 0 Å². The molecule has 0 aromatic carbocycles. The molecule has 0 unspecified atom stereocenters. The Morgan fingerprint density at radius 1 is 1.35 bits per heavy atom. The minimum absolute atomic E-state index is 0.203. The molecule has 0 aliphatic carbocycles. The van der Waals surface area contributed by atoms with Crippen molar-refractivity contribution in [2.45, 2.75) is 0 Å². The molecule has 0 spiro atoms. The van der Waals surface area contributed by atoms with Crippen LogP contribution in [0.15, 0.2) is 33.8 Å². The number of carbonyl (C=O) groups is 1. The summed E-state index contributed by atoms with van der Waals surface area (Å²) < 4.78 is 5.11. The van der Waals surface area contributed by atoms with E-state index in [4.69, 9.17) is 4.42 Å². The number of nitrogens with one attached hydrogen (secondary N) is 2. The number of carbonyl (C=O) groups excluding carboxylic acids is 1. The van der Waals surface area contributed by atoms with Crippen LogP contribution in [0.4, 0.5) is 5.69 Å². The number of ketones is 1. The second kappa shape index (κ2) is 5.30. The lowest BCUT2D eigenvalue weighted by Gasteiger charge is -2.29. The fourth-order valence-electron chi connectivity index (χ4n) is 2.30. The SMILES string of the molecule is O=C(c1ccco1)c1cn[nH]c(=O)c1N1CCNCC1. The van der Waals surface area contributed by atoms with Gasteiger partial charge in [0.1, 0.15) is 5.69 Å². The first-order valence-corrected chi connectivity index (χ1v) is 6.39. The van der Waals surface area contributed by atoms with Crippen LogP contribution in [0.25, 0.3) is 0 Å². The van der Waals surface area contributed by atoms with Gasteiger partial charge in [-0.25, -0.2) is 5.10 Å². The number of rotatable bonds is 3. The van der Waals surface area contributed by atoms with Crippen LogP contribution in [0.5, 0.6) is 0 Å². The molecule has 20 heavy (non-hydrogen) atoms. The highest BCUT2D eigenvalue weighted by Gasteiger charge is 2.24. The second-order valence-electron chi connectivity index (χ2n) is 4.50. The molecule has 2 aromatic rings. The van der Waals surface area contributed by atoms with Gasteiger partial charge in [-0.05, 0) is 12.1 Å². The molecule has 0 amide bonds. The molecule has 1 aliphatic heterocycles. The van der Waals surface area contributed by atoms with E-state index in [9.17, 15) is 9.59 Å². The Morgan fingerprint density at radius 3 is 2.85 bits per heavy atom. The Kier molecular flexibility index (Phi) is 3.34. The number of nitrogens with zero attached hydrogens (tertiary/aromatic N) is 2. The lowest BCUT2D eigenvalue weighted by molar-refractivity contribution is 0.101. The Labute approximate surface area is 114 Å². The van der Waals surface area contributed by atoms with Gasteiger partial charge in [-0.3, -0.25) is 9.59 Å². The topological polar surface area (TPSA) is 91.2 Å². The van der Waals surface area contributed by atoms with Crippen LogP contribution in [0.3, 0.4) is 0 Å². The van der Waals surface area contributed by atoms with Crippen molar-refractivity contribution in [3.05, 3.63) is 46.3 Å². The van der Waals surface area contributed by atoms with Crippen LogP contribution in [0, 0.1) is 0 Å². The molecule has 7 heteroatoms. The number of hydrogen-bond acceptors (Lipinski definition) is 6. The van der Waals surface area contributed by atoms with E-state index in [1.54, 1.807) is 12.1 Å². The van der Waals surface area contributed by atoms with Crippen LogP contribution in [-0.4, -0.2) is 42.2 Å². The van der Waals surface area contributed by atoms with Crippen LogP contribution in [-0.2, 0) is 0 Å². The molecule has 2 N–H and O–H groups in total. The molecule has 104 valence electrons. The number of anilines is 1. The Morgan fingerprint density at radius 2 is 2.15 bits per heavy atom. The van der Waals surface area contributed by atoms with Gasteiger partial charge in [0.05, 0.1) is 18.0 Å². The van der Waals surface area contributed by atoms with E-state index < -0.39 is 0 Å². The maximum atomic E-state index is 12.4. The zero-order chi connectivity index (χ0) is 13.9. The normalized spacial score (nSPS) is 15.3. The largest absolute Gasteiger partial charge is 0.461 e. The molecule has 3 rings (SSSR count). The van der Waals surface area contributed by atoms with Gasteiger partial charge in [-0.15, -0.1) is 0 Å². The first-order valence-electron chi connectivity index (χ1n) is 6.39. The van der Waals surface area contributed by atoms with Gasteiger partial charge in [0.2, 0.25) is 5.78 Å². The molecule has 7 nitrogen and oxygen atoms in total. The quantitative estimate of drug-likeness (QED) is 0.766. The minimum atomic E-state index is -0.357. The average molecular weight is 274 g/mol. The number of piperazine rings is 1. The van der Waals surface area contributed by atoms with E-state index in [0.29, 0.717) is 18.8 Å². The van der Waals surface area contributed by atoms with Gasteiger partial charge in [-0.1, -0.05) is 0 Å². The number of furan rings is 1. The maximum absolute atomic E-state index is 12.4. The highest BCUT2D eigenvalue weighted by Crippen LogP contribution is 2.19. The van der Waals surface area contributed by atoms with Gasteiger partial charge < -0.3 is 14.6 Å². The van der Waals surface area contributed by atoms with Crippen molar-refractivity contribution < 1.29 is 9.21 Å². The van der Waals surface area contributed by atoms with Crippen LogP contribution >= 0.6 is 0 Å². The summed E-state index contributed by atoms with van der Waals surface area (Å²) in [4.78, 5) is 26.3. The highest BCUT2D eigenvalue weighted by atomic mass is 16.3. The standard InChI is InChI=1S/C13H14N4O3/c18-12(10-2-1-7-20-10)9-8-15-16-13(19)11(9)17-5-3-14-4-6-17/h1-2,7-8,14H,3-6H2,(H,16,19). The first kappa shape index (κ1) is 12.6. The molecule has 0 saturated carbocycles. The third-order valence-electron chi connectivity index (χ3n) is 3.25. The molecule has 1 fully saturated rings. The second-order valence-corrected chi connectivity index (χ2v) is 4.50. The number of hydrogen-bond donors (Lipinski definition) is 2. The van der Waals surface area contributed by atoms with Gasteiger partial charge in [0.15, 0.2) is 5.76 Å². The lowest BCUT2D eigenvalue weighted by atomic mass is 10.1. The van der Waals surface area contributed by atoms with E-state index in [0.717, 1.165) is 13.1 Å². The predicted octanol–water partition coefficient (Wildman–Crippen LogP) is 0.00350. The van der Waals surface area contributed by atoms with Crippen molar-refractivity contribution >= 4 is 11.5 Å². The van der Waals surface area contributed by atoms with E-state index >= 15 is 0 Å². The summed E-state index contributed by atoms with van der Waals surface area (Å²) >= 11 is 0. The number of aromatic nitrogens is 2. The first-order chi connectivity index (χ1) is 9.77. The minimum Gasteiger partial charge on any atom is -0.461 e. The van der Waals surface area contributed by atoms with Gasteiger partial charge >= 0.3 is 0 Å². The van der Waals surface area contributed by atoms with Crippen LogP contribution in [0.2, 0.25) is 0 Å². The van der Waals surface area contributed by atoms with Crippen molar-refractivity contribution in [3.63, 3.8) is 0 Å². The van der Waals surface area contributed by atoms with Crippen LogP contribution in [0.1, 0.15) is 16.1 Å². The van der Waals surface area contributed by atoms with E-state index in [-0.39, 0.29) is 22.7 Å². The number of H-pyrrole nitrogens is 1. The monoisotopic (exact) mass is 274 g/mol. The molecule has 0 radical (unpaired) electrons.